The maximum absolute atomic E-state index is 11.2. The van der Waals surface area contributed by atoms with Crippen LogP contribution in [0.2, 0.25) is 0 Å². The van der Waals surface area contributed by atoms with Crippen molar-refractivity contribution in [1.29, 1.82) is 5.26 Å². The average molecular weight is 266 g/mol. The van der Waals surface area contributed by atoms with E-state index >= 15 is 0 Å². The van der Waals surface area contributed by atoms with Gasteiger partial charge in [-0.3, -0.25) is 4.79 Å². The summed E-state index contributed by atoms with van der Waals surface area (Å²) >= 11 is 0. The smallest absolute Gasteiger partial charge is 0.221 e. The van der Waals surface area contributed by atoms with Crippen molar-refractivity contribution >= 4 is 11.6 Å². The molecule has 2 rings (SSSR count). The van der Waals surface area contributed by atoms with Crippen LogP contribution in [0, 0.1) is 18.3 Å². The van der Waals surface area contributed by atoms with Crippen LogP contribution in [-0.2, 0) is 4.79 Å². The Kier molecular flexibility index (Phi) is 4.02. The van der Waals surface area contributed by atoms with Crippen LogP contribution in [0.4, 0.5) is 5.69 Å². The topological polar surface area (TPSA) is 62.1 Å². The quantitative estimate of drug-likeness (QED) is 0.922. The van der Waals surface area contributed by atoms with Crippen molar-refractivity contribution in [2.75, 3.05) is 5.32 Å². The number of ether oxygens (including phenoxy) is 1. The molecule has 0 atom stereocenters. The van der Waals surface area contributed by atoms with Gasteiger partial charge < -0.3 is 10.1 Å². The molecule has 4 heteroatoms. The lowest BCUT2D eigenvalue weighted by molar-refractivity contribution is -0.114. The maximum atomic E-state index is 11.2. The second-order valence-electron chi connectivity index (χ2n) is 4.39. The molecule has 0 aliphatic rings. The Hall–Kier alpha value is -2.80. The zero-order chi connectivity index (χ0) is 14.5. The van der Waals surface area contributed by atoms with Crippen molar-refractivity contribution in [2.45, 2.75) is 13.8 Å². The molecule has 2 aromatic rings. The number of amides is 1. The van der Waals surface area contributed by atoms with Crippen molar-refractivity contribution in [3.63, 3.8) is 0 Å². The standard InChI is InChI=1S/C16H14N2O2/c1-11-7-8-15(13(9-11)10-17)20-16-6-4-3-5-14(16)18-12(2)19/h3-9H,1-2H3,(H,18,19). The second-order valence-corrected chi connectivity index (χ2v) is 4.39. The van der Waals surface area contributed by atoms with Crippen LogP contribution in [0.5, 0.6) is 11.5 Å². The fourth-order valence-corrected chi connectivity index (χ4v) is 1.79. The number of hydrogen-bond donors (Lipinski definition) is 1. The number of nitrogens with one attached hydrogen (secondary N) is 1. The normalized spacial score (nSPS) is 9.65. The molecule has 0 saturated carbocycles. The maximum Gasteiger partial charge on any atom is 0.221 e. The Bertz CT molecular complexity index is 687. The minimum atomic E-state index is -0.175. The molecule has 0 aliphatic heterocycles. The van der Waals surface area contributed by atoms with Crippen molar-refractivity contribution < 1.29 is 9.53 Å². The molecule has 20 heavy (non-hydrogen) atoms. The summed E-state index contributed by atoms with van der Waals surface area (Å²) in [5.74, 6) is 0.796. The van der Waals surface area contributed by atoms with Crippen LogP contribution in [0.25, 0.3) is 0 Å². The second kappa shape index (κ2) is 5.89. The first-order chi connectivity index (χ1) is 9.60. The van der Waals surface area contributed by atoms with E-state index in [4.69, 9.17) is 10.00 Å². The molecule has 0 radical (unpaired) electrons. The number of carbonyl (C=O) groups is 1. The number of para-hydroxylation sites is 2. The first-order valence-electron chi connectivity index (χ1n) is 6.15. The van der Waals surface area contributed by atoms with E-state index in [1.54, 1.807) is 36.4 Å². The van der Waals surface area contributed by atoms with Gasteiger partial charge in [0.1, 0.15) is 11.8 Å². The molecule has 0 heterocycles. The summed E-state index contributed by atoms with van der Waals surface area (Å²) in [5, 5.41) is 11.8. The van der Waals surface area contributed by atoms with Gasteiger partial charge in [0.15, 0.2) is 5.75 Å². The lowest BCUT2D eigenvalue weighted by Crippen LogP contribution is -2.06. The van der Waals surface area contributed by atoms with Gasteiger partial charge in [0.05, 0.1) is 11.3 Å². The van der Waals surface area contributed by atoms with E-state index in [1.165, 1.54) is 6.92 Å². The number of nitrogens with zero attached hydrogens (tertiary/aromatic N) is 1. The third-order valence-electron chi connectivity index (χ3n) is 2.67. The van der Waals surface area contributed by atoms with Crippen molar-refractivity contribution in [3.8, 4) is 17.6 Å². The summed E-state index contributed by atoms with van der Waals surface area (Å²) in [7, 11) is 0. The summed E-state index contributed by atoms with van der Waals surface area (Å²) < 4.78 is 5.75. The molecule has 0 unspecified atom stereocenters. The zero-order valence-electron chi connectivity index (χ0n) is 11.3. The molecular weight excluding hydrogens is 252 g/mol. The molecule has 4 nitrogen and oxygen atoms in total. The fourth-order valence-electron chi connectivity index (χ4n) is 1.79. The van der Waals surface area contributed by atoms with Gasteiger partial charge >= 0.3 is 0 Å². The van der Waals surface area contributed by atoms with Crippen LogP contribution in [0.15, 0.2) is 42.5 Å². The van der Waals surface area contributed by atoms with Gasteiger partial charge in [-0.05, 0) is 36.8 Å². The Morgan fingerprint density at radius 1 is 1.20 bits per heavy atom. The number of nitriles is 1. The Morgan fingerprint density at radius 3 is 2.65 bits per heavy atom. The summed E-state index contributed by atoms with van der Waals surface area (Å²) in [5.41, 5.74) is 2.02. The molecule has 0 spiro atoms. The largest absolute Gasteiger partial charge is 0.454 e. The van der Waals surface area contributed by atoms with Crippen LogP contribution < -0.4 is 10.1 Å². The van der Waals surface area contributed by atoms with E-state index < -0.39 is 0 Å². The van der Waals surface area contributed by atoms with Gasteiger partial charge in [0.2, 0.25) is 5.91 Å². The Labute approximate surface area is 117 Å². The van der Waals surface area contributed by atoms with E-state index in [0.717, 1.165) is 5.56 Å². The highest BCUT2D eigenvalue weighted by Gasteiger charge is 2.09. The van der Waals surface area contributed by atoms with E-state index in [2.05, 4.69) is 11.4 Å². The molecule has 1 amide bonds. The Balaban J connectivity index is 2.36. The van der Waals surface area contributed by atoms with Crippen LogP contribution in [0.1, 0.15) is 18.1 Å². The number of anilines is 1. The van der Waals surface area contributed by atoms with E-state index in [-0.39, 0.29) is 5.91 Å². The van der Waals surface area contributed by atoms with Crippen molar-refractivity contribution in [3.05, 3.63) is 53.6 Å². The summed E-state index contributed by atoms with van der Waals surface area (Å²) in [6.07, 6.45) is 0. The number of hydrogen-bond acceptors (Lipinski definition) is 3. The zero-order valence-corrected chi connectivity index (χ0v) is 11.3. The summed E-state index contributed by atoms with van der Waals surface area (Å²) in [4.78, 5) is 11.2. The molecule has 0 aliphatic carbocycles. The van der Waals surface area contributed by atoms with Gasteiger partial charge in [0.25, 0.3) is 0 Å². The SMILES string of the molecule is CC(=O)Nc1ccccc1Oc1ccc(C)cc1C#N. The first-order valence-corrected chi connectivity index (χ1v) is 6.15. The lowest BCUT2D eigenvalue weighted by Gasteiger charge is -2.12. The lowest BCUT2D eigenvalue weighted by atomic mass is 10.1. The van der Waals surface area contributed by atoms with Crippen molar-refractivity contribution in [2.24, 2.45) is 0 Å². The number of benzene rings is 2. The van der Waals surface area contributed by atoms with Crippen LogP contribution in [0.3, 0.4) is 0 Å². The molecule has 0 fully saturated rings. The average Bonchev–Trinajstić information content (AvgIpc) is 2.42. The van der Waals surface area contributed by atoms with Crippen LogP contribution >= 0.6 is 0 Å². The summed E-state index contributed by atoms with van der Waals surface area (Å²) in [6, 6.07) is 14.6. The highest BCUT2D eigenvalue weighted by molar-refractivity contribution is 5.90. The first kappa shape index (κ1) is 13.6. The molecule has 2 aromatic carbocycles. The predicted molar refractivity (Wildman–Crippen MR) is 76.7 cm³/mol. The highest BCUT2D eigenvalue weighted by Crippen LogP contribution is 2.31. The third kappa shape index (κ3) is 3.15. The molecule has 100 valence electrons. The van der Waals surface area contributed by atoms with E-state index in [0.29, 0.717) is 22.7 Å². The van der Waals surface area contributed by atoms with Gasteiger partial charge in [-0.15, -0.1) is 0 Å². The van der Waals surface area contributed by atoms with Gasteiger partial charge in [-0.2, -0.15) is 5.26 Å². The summed E-state index contributed by atoms with van der Waals surface area (Å²) in [6.45, 7) is 3.35. The number of rotatable bonds is 3. The minimum Gasteiger partial charge on any atom is -0.454 e. The molecule has 0 saturated heterocycles. The van der Waals surface area contributed by atoms with Gasteiger partial charge in [-0.25, -0.2) is 0 Å². The predicted octanol–water partition coefficient (Wildman–Crippen LogP) is 3.62. The third-order valence-corrected chi connectivity index (χ3v) is 2.67. The van der Waals surface area contributed by atoms with Gasteiger partial charge in [0, 0.05) is 6.92 Å². The molecular formula is C16H14N2O2. The van der Waals surface area contributed by atoms with Gasteiger partial charge in [-0.1, -0.05) is 18.2 Å². The van der Waals surface area contributed by atoms with E-state index in [1.807, 2.05) is 13.0 Å². The minimum absolute atomic E-state index is 0.175. The van der Waals surface area contributed by atoms with Crippen LogP contribution in [-0.4, -0.2) is 5.91 Å². The number of aryl methyl sites for hydroxylation is 1. The number of carbonyl (C=O) groups excluding carboxylic acids is 1. The van der Waals surface area contributed by atoms with E-state index in [9.17, 15) is 4.79 Å². The molecule has 0 aromatic heterocycles. The Morgan fingerprint density at radius 2 is 1.95 bits per heavy atom. The molecule has 1 N–H and O–H groups in total. The highest BCUT2D eigenvalue weighted by atomic mass is 16.5. The van der Waals surface area contributed by atoms with Crippen molar-refractivity contribution in [1.82, 2.24) is 0 Å². The molecule has 0 bridgehead atoms. The fraction of sp³-hybridized carbons (Fsp3) is 0.125. The monoisotopic (exact) mass is 266 g/mol.